The van der Waals surface area contributed by atoms with Gasteiger partial charge in [0.1, 0.15) is 6.54 Å². The molecule has 0 aliphatic carbocycles. The Bertz CT molecular complexity index is 877. The van der Waals surface area contributed by atoms with Crippen LogP contribution >= 0.6 is 0 Å². The van der Waals surface area contributed by atoms with Crippen molar-refractivity contribution < 1.29 is 32.6 Å². The van der Waals surface area contributed by atoms with Crippen molar-refractivity contribution in [1.29, 1.82) is 0 Å². The highest BCUT2D eigenvalue weighted by Crippen LogP contribution is 2.38. The van der Waals surface area contributed by atoms with E-state index in [-0.39, 0.29) is 18.2 Å². The van der Waals surface area contributed by atoms with Crippen LogP contribution in [0.2, 0.25) is 0 Å². The second-order valence-electron chi connectivity index (χ2n) is 6.31. The molecule has 0 bridgehead atoms. The lowest BCUT2D eigenvalue weighted by Crippen LogP contribution is -2.45. The lowest BCUT2D eigenvalue weighted by molar-refractivity contribution is -0.355. The van der Waals surface area contributed by atoms with Crippen molar-refractivity contribution in [2.24, 2.45) is 5.16 Å². The summed E-state index contributed by atoms with van der Waals surface area (Å²) in [6.45, 7) is 2.05. The molecule has 1 aromatic heterocycles. The zero-order valence-corrected chi connectivity index (χ0v) is 14.9. The fourth-order valence-electron chi connectivity index (χ4n) is 2.70. The van der Waals surface area contributed by atoms with Gasteiger partial charge < -0.3 is 14.7 Å². The van der Waals surface area contributed by atoms with Crippen LogP contribution in [0.1, 0.15) is 30.0 Å². The number of benzene rings is 1. The Hall–Kier alpha value is -2.88. The van der Waals surface area contributed by atoms with Crippen molar-refractivity contribution in [2.45, 2.75) is 38.3 Å². The fraction of sp³-hybridized carbons (Fsp3) is 0.389. The molecule has 2 heterocycles. The van der Waals surface area contributed by atoms with E-state index >= 15 is 0 Å². The predicted molar refractivity (Wildman–Crippen MR) is 91.4 cm³/mol. The molecule has 7 nitrogen and oxygen atoms in total. The maximum absolute atomic E-state index is 12.8. The SMILES string of the molecule is CCOC(=O)Cn1cc(Cc2ccc(C3=NOC(O)(C(F)(F)F)C3)cc2)cn1. The normalized spacial score (nSPS) is 19.2. The summed E-state index contributed by atoms with van der Waals surface area (Å²) in [4.78, 5) is 15.7. The average molecular weight is 397 g/mol. The molecule has 0 radical (unpaired) electrons. The number of nitrogens with zero attached hydrogens (tertiary/aromatic N) is 3. The number of halogens is 3. The van der Waals surface area contributed by atoms with Gasteiger partial charge in [-0.2, -0.15) is 18.3 Å². The molecule has 2 aromatic rings. The second-order valence-corrected chi connectivity index (χ2v) is 6.31. The van der Waals surface area contributed by atoms with Crippen LogP contribution in [0.25, 0.3) is 0 Å². The molecule has 0 saturated heterocycles. The number of aromatic nitrogens is 2. The standard InChI is InChI=1S/C18H18F3N3O4/c1-2-27-16(25)11-24-10-13(9-22-24)7-12-3-5-14(6-4-12)15-8-17(26,28-23-15)18(19,20)21/h3-6,9-10,26H,2,7-8,11H2,1H3. The number of hydrogen-bond acceptors (Lipinski definition) is 6. The van der Waals surface area contributed by atoms with E-state index in [1.54, 1.807) is 43.6 Å². The first-order valence-electron chi connectivity index (χ1n) is 8.50. The van der Waals surface area contributed by atoms with E-state index in [1.807, 2.05) is 0 Å². The number of carbonyl (C=O) groups excluding carboxylic acids is 1. The van der Waals surface area contributed by atoms with Crippen LogP contribution in [-0.4, -0.2) is 45.1 Å². The summed E-state index contributed by atoms with van der Waals surface area (Å²) in [5.41, 5.74) is 2.21. The highest BCUT2D eigenvalue weighted by atomic mass is 19.4. The molecule has 10 heteroatoms. The summed E-state index contributed by atoms with van der Waals surface area (Å²) in [6.07, 6.45) is -1.81. The zero-order valence-electron chi connectivity index (χ0n) is 14.9. The molecule has 0 saturated carbocycles. The number of rotatable bonds is 6. The van der Waals surface area contributed by atoms with Gasteiger partial charge in [0.15, 0.2) is 0 Å². The third-order valence-electron chi connectivity index (χ3n) is 4.14. The fourth-order valence-corrected chi connectivity index (χ4v) is 2.70. The Kier molecular flexibility index (Phi) is 5.41. The largest absolute Gasteiger partial charge is 0.465 e. The monoisotopic (exact) mass is 397 g/mol. The van der Waals surface area contributed by atoms with Crippen LogP contribution in [0.4, 0.5) is 13.2 Å². The van der Waals surface area contributed by atoms with Crippen LogP contribution in [0.5, 0.6) is 0 Å². The number of esters is 1. The number of ether oxygens (including phenoxy) is 1. The topological polar surface area (TPSA) is 85.9 Å². The molecular weight excluding hydrogens is 379 g/mol. The Balaban J connectivity index is 1.61. The smallest absolute Gasteiger partial charge is 0.458 e. The highest BCUT2D eigenvalue weighted by molar-refractivity contribution is 6.01. The summed E-state index contributed by atoms with van der Waals surface area (Å²) in [7, 11) is 0. The molecule has 1 atom stereocenters. The predicted octanol–water partition coefficient (Wildman–Crippen LogP) is 2.41. The molecule has 28 heavy (non-hydrogen) atoms. The highest BCUT2D eigenvalue weighted by Gasteiger charge is 2.60. The second kappa shape index (κ2) is 7.63. The van der Waals surface area contributed by atoms with Gasteiger partial charge in [-0.25, -0.2) is 0 Å². The van der Waals surface area contributed by atoms with Gasteiger partial charge in [-0.3, -0.25) is 9.48 Å². The molecule has 1 aliphatic rings. The molecule has 1 N–H and O–H groups in total. The van der Waals surface area contributed by atoms with Gasteiger partial charge in [-0.15, -0.1) is 0 Å². The van der Waals surface area contributed by atoms with E-state index in [0.29, 0.717) is 18.6 Å². The van der Waals surface area contributed by atoms with Crippen LogP contribution in [-0.2, 0) is 27.3 Å². The van der Waals surface area contributed by atoms with Gasteiger partial charge in [0.2, 0.25) is 0 Å². The van der Waals surface area contributed by atoms with E-state index < -0.39 is 18.4 Å². The summed E-state index contributed by atoms with van der Waals surface area (Å²) in [5, 5.41) is 17.0. The van der Waals surface area contributed by atoms with Crippen molar-refractivity contribution in [1.82, 2.24) is 9.78 Å². The summed E-state index contributed by atoms with van der Waals surface area (Å²) in [5.74, 6) is -3.66. The Morgan fingerprint density at radius 1 is 1.32 bits per heavy atom. The van der Waals surface area contributed by atoms with Crippen molar-refractivity contribution in [3.63, 3.8) is 0 Å². The first-order valence-corrected chi connectivity index (χ1v) is 8.50. The van der Waals surface area contributed by atoms with Gasteiger partial charge in [-0.1, -0.05) is 29.4 Å². The van der Waals surface area contributed by atoms with Crippen molar-refractivity contribution in [3.05, 3.63) is 53.3 Å². The minimum atomic E-state index is -4.93. The summed E-state index contributed by atoms with van der Waals surface area (Å²) >= 11 is 0. The number of aliphatic hydroxyl groups is 1. The number of alkyl halides is 3. The lowest BCUT2D eigenvalue weighted by atomic mass is 10.00. The number of carbonyl (C=O) groups is 1. The van der Waals surface area contributed by atoms with Crippen molar-refractivity contribution >= 4 is 11.7 Å². The van der Waals surface area contributed by atoms with Gasteiger partial charge >= 0.3 is 17.9 Å². The summed E-state index contributed by atoms with van der Waals surface area (Å²) < 4.78 is 44.7. The van der Waals surface area contributed by atoms with Crippen molar-refractivity contribution in [2.75, 3.05) is 6.61 Å². The molecule has 1 aliphatic heterocycles. The molecule has 0 fully saturated rings. The quantitative estimate of drug-likeness (QED) is 0.757. The molecule has 150 valence electrons. The van der Waals surface area contributed by atoms with Crippen LogP contribution < -0.4 is 0 Å². The van der Waals surface area contributed by atoms with E-state index in [2.05, 4.69) is 15.1 Å². The van der Waals surface area contributed by atoms with Crippen LogP contribution in [0.3, 0.4) is 0 Å². The third kappa shape index (κ3) is 4.33. The minimum Gasteiger partial charge on any atom is -0.465 e. The average Bonchev–Trinajstić information content (AvgIpc) is 3.23. The molecular formula is C18H18F3N3O4. The van der Waals surface area contributed by atoms with E-state index in [9.17, 15) is 23.1 Å². The van der Waals surface area contributed by atoms with Gasteiger partial charge in [0, 0.05) is 12.6 Å². The summed E-state index contributed by atoms with van der Waals surface area (Å²) in [6, 6.07) is 6.71. The van der Waals surface area contributed by atoms with E-state index in [0.717, 1.165) is 11.1 Å². The Labute approximate surface area is 158 Å². The van der Waals surface area contributed by atoms with Crippen LogP contribution in [0, 0.1) is 0 Å². The Morgan fingerprint density at radius 3 is 2.64 bits per heavy atom. The van der Waals surface area contributed by atoms with Gasteiger partial charge in [0.25, 0.3) is 0 Å². The van der Waals surface area contributed by atoms with Crippen molar-refractivity contribution in [3.8, 4) is 0 Å². The van der Waals surface area contributed by atoms with E-state index in [4.69, 9.17) is 4.74 Å². The molecule has 1 aromatic carbocycles. The first kappa shape index (κ1) is 19.9. The van der Waals surface area contributed by atoms with Gasteiger partial charge in [0.05, 0.1) is 24.9 Å². The van der Waals surface area contributed by atoms with Crippen LogP contribution in [0.15, 0.2) is 41.8 Å². The maximum Gasteiger partial charge on any atom is 0.458 e. The molecule has 3 rings (SSSR count). The number of oxime groups is 1. The zero-order chi connectivity index (χ0) is 20.4. The minimum absolute atomic E-state index is 0.0219. The Morgan fingerprint density at radius 2 is 2.04 bits per heavy atom. The lowest BCUT2D eigenvalue weighted by Gasteiger charge is -2.22. The first-order chi connectivity index (χ1) is 13.2. The molecule has 1 unspecified atom stereocenters. The molecule has 0 amide bonds. The third-order valence-corrected chi connectivity index (χ3v) is 4.14. The maximum atomic E-state index is 12.8. The van der Waals surface area contributed by atoms with E-state index in [1.165, 1.54) is 4.68 Å². The number of hydrogen-bond donors (Lipinski definition) is 1. The van der Waals surface area contributed by atoms with Gasteiger partial charge in [-0.05, 0) is 23.6 Å². The molecule has 0 spiro atoms.